The fourth-order valence-corrected chi connectivity index (χ4v) is 4.23. The Labute approximate surface area is 184 Å². The summed E-state index contributed by atoms with van der Waals surface area (Å²) in [5, 5.41) is 6.49. The van der Waals surface area contributed by atoms with E-state index in [2.05, 4.69) is 29.7 Å². The number of carbonyl (C=O) groups excluding carboxylic acids is 2. The number of nitrogens with one attached hydrogen (secondary N) is 2. The van der Waals surface area contributed by atoms with Gasteiger partial charge >= 0.3 is 0 Å². The summed E-state index contributed by atoms with van der Waals surface area (Å²) in [5.74, 6) is 0.807. The molecule has 1 aliphatic rings. The standard InChI is InChI=1S/C25H33N3O3/c1-3-31-23-6-4-5-20(16-23)17(2)28-22-12-11-21(15-22)18-7-9-19(10-8-18)25(30)27-14-13-24(26)29/h4-10,16-17,21-22,28H,3,11-15H2,1-2H3,(H2,26,29)(H,27,30). The van der Waals surface area contributed by atoms with E-state index in [1.54, 1.807) is 0 Å². The molecule has 0 aromatic heterocycles. The molecular weight excluding hydrogens is 390 g/mol. The fourth-order valence-electron chi connectivity index (χ4n) is 4.23. The number of rotatable bonds is 10. The lowest BCUT2D eigenvalue weighted by molar-refractivity contribution is -0.117. The number of primary amides is 1. The summed E-state index contributed by atoms with van der Waals surface area (Å²) < 4.78 is 5.62. The highest BCUT2D eigenvalue weighted by Crippen LogP contribution is 2.35. The van der Waals surface area contributed by atoms with Crippen molar-refractivity contribution < 1.29 is 14.3 Å². The van der Waals surface area contributed by atoms with Gasteiger partial charge in [0.15, 0.2) is 0 Å². The molecule has 2 aromatic rings. The Balaban J connectivity index is 1.51. The van der Waals surface area contributed by atoms with Crippen LogP contribution in [0.3, 0.4) is 0 Å². The van der Waals surface area contributed by atoms with Crippen molar-refractivity contribution in [1.82, 2.24) is 10.6 Å². The number of hydrogen-bond donors (Lipinski definition) is 3. The molecule has 0 heterocycles. The van der Waals surface area contributed by atoms with Crippen molar-refractivity contribution in [2.75, 3.05) is 13.2 Å². The summed E-state index contributed by atoms with van der Waals surface area (Å²) >= 11 is 0. The molecule has 0 saturated heterocycles. The number of benzene rings is 2. The Bertz CT molecular complexity index is 882. The average molecular weight is 424 g/mol. The zero-order chi connectivity index (χ0) is 22.2. The van der Waals surface area contributed by atoms with Gasteiger partial charge in [-0.3, -0.25) is 9.59 Å². The molecule has 4 N–H and O–H groups in total. The summed E-state index contributed by atoms with van der Waals surface area (Å²) in [7, 11) is 0. The summed E-state index contributed by atoms with van der Waals surface area (Å²) in [6.07, 6.45) is 3.50. The highest BCUT2D eigenvalue weighted by Gasteiger charge is 2.27. The van der Waals surface area contributed by atoms with Gasteiger partial charge in [-0.15, -0.1) is 0 Å². The van der Waals surface area contributed by atoms with Crippen LogP contribution in [0.25, 0.3) is 0 Å². The van der Waals surface area contributed by atoms with Crippen molar-refractivity contribution in [3.8, 4) is 5.75 Å². The number of carbonyl (C=O) groups is 2. The molecule has 31 heavy (non-hydrogen) atoms. The van der Waals surface area contributed by atoms with Crippen molar-refractivity contribution in [3.05, 3.63) is 65.2 Å². The maximum absolute atomic E-state index is 12.1. The third kappa shape index (κ3) is 6.56. The molecule has 166 valence electrons. The first kappa shape index (κ1) is 22.8. The molecule has 6 heteroatoms. The molecule has 0 bridgehead atoms. The molecule has 2 aromatic carbocycles. The molecule has 1 aliphatic carbocycles. The van der Waals surface area contributed by atoms with Gasteiger partial charge in [0.05, 0.1) is 6.61 Å². The molecule has 2 amide bonds. The van der Waals surface area contributed by atoms with Gasteiger partial charge in [-0.25, -0.2) is 0 Å². The van der Waals surface area contributed by atoms with E-state index in [1.165, 1.54) is 11.1 Å². The van der Waals surface area contributed by atoms with Crippen LogP contribution in [-0.2, 0) is 4.79 Å². The fraction of sp³-hybridized carbons (Fsp3) is 0.440. The Kier molecular flexibility index (Phi) is 8.06. The van der Waals surface area contributed by atoms with Gasteiger partial charge in [0, 0.05) is 30.6 Å². The second-order valence-corrected chi connectivity index (χ2v) is 8.19. The van der Waals surface area contributed by atoms with Gasteiger partial charge in [-0.2, -0.15) is 0 Å². The van der Waals surface area contributed by atoms with Crippen molar-refractivity contribution in [2.45, 2.75) is 57.5 Å². The highest BCUT2D eigenvalue weighted by atomic mass is 16.5. The second kappa shape index (κ2) is 11.0. The summed E-state index contributed by atoms with van der Waals surface area (Å²) in [5.41, 5.74) is 8.20. The number of nitrogens with two attached hydrogens (primary N) is 1. The highest BCUT2D eigenvalue weighted by molar-refractivity contribution is 5.94. The SMILES string of the molecule is CCOc1cccc(C(C)NC2CCC(c3ccc(C(=O)NCCC(N)=O)cc3)C2)c1. The van der Waals surface area contributed by atoms with E-state index in [0.29, 0.717) is 24.1 Å². The summed E-state index contributed by atoms with van der Waals surface area (Å²) in [6.45, 7) is 5.13. The normalized spacial score (nSPS) is 19.0. The molecule has 0 aliphatic heterocycles. The number of ether oxygens (including phenoxy) is 1. The quantitative estimate of drug-likeness (QED) is 0.543. The van der Waals surface area contributed by atoms with Crippen LogP contribution in [0.4, 0.5) is 0 Å². The lowest BCUT2D eigenvalue weighted by Gasteiger charge is -2.21. The van der Waals surface area contributed by atoms with Crippen LogP contribution in [-0.4, -0.2) is 31.0 Å². The Hall–Kier alpha value is -2.86. The van der Waals surface area contributed by atoms with Crippen molar-refractivity contribution in [2.24, 2.45) is 5.73 Å². The molecule has 3 atom stereocenters. The zero-order valence-corrected chi connectivity index (χ0v) is 18.4. The molecule has 0 radical (unpaired) electrons. The Morgan fingerprint density at radius 2 is 1.94 bits per heavy atom. The van der Waals surface area contributed by atoms with Crippen molar-refractivity contribution in [3.63, 3.8) is 0 Å². The van der Waals surface area contributed by atoms with Gasteiger partial charge < -0.3 is 21.1 Å². The van der Waals surface area contributed by atoms with Gasteiger partial charge in [-0.1, -0.05) is 24.3 Å². The van der Waals surface area contributed by atoms with Gasteiger partial charge in [0.2, 0.25) is 5.91 Å². The van der Waals surface area contributed by atoms with E-state index in [1.807, 2.05) is 43.3 Å². The van der Waals surface area contributed by atoms with Crippen LogP contribution in [0.1, 0.15) is 73.0 Å². The van der Waals surface area contributed by atoms with Crippen LogP contribution in [0.15, 0.2) is 48.5 Å². The number of hydrogen-bond acceptors (Lipinski definition) is 4. The van der Waals surface area contributed by atoms with Crippen molar-refractivity contribution in [1.29, 1.82) is 0 Å². The minimum Gasteiger partial charge on any atom is -0.494 e. The molecule has 6 nitrogen and oxygen atoms in total. The first-order chi connectivity index (χ1) is 15.0. The van der Waals surface area contributed by atoms with Crippen LogP contribution in [0.2, 0.25) is 0 Å². The molecule has 3 rings (SSSR count). The molecule has 3 unspecified atom stereocenters. The van der Waals surface area contributed by atoms with Crippen LogP contribution < -0.4 is 21.1 Å². The monoisotopic (exact) mass is 423 g/mol. The van der Waals surface area contributed by atoms with Gasteiger partial charge in [0.1, 0.15) is 5.75 Å². The zero-order valence-electron chi connectivity index (χ0n) is 18.4. The predicted octanol–water partition coefficient (Wildman–Crippen LogP) is 3.68. The van der Waals surface area contributed by atoms with Crippen LogP contribution in [0, 0.1) is 0 Å². The number of amides is 2. The van der Waals surface area contributed by atoms with Crippen molar-refractivity contribution >= 4 is 11.8 Å². The maximum atomic E-state index is 12.1. The van der Waals surface area contributed by atoms with Gasteiger partial charge in [-0.05, 0) is 74.4 Å². The van der Waals surface area contributed by atoms with E-state index in [0.717, 1.165) is 25.0 Å². The molecular formula is C25H33N3O3. The summed E-state index contributed by atoms with van der Waals surface area (Å²) in [6, 6.07) is 16.8. The third-order valence-corrected chi connectivity index (χ3v) is 5.89. The van der Waals surface area contributed by atoms with E-state index in [-0.39, 0.29) is 24.9 Å². The minimum atomic E-state index is -0.420. The predicted molar refractivity (Wildman–Crippen MR) is 122 cm³/mol. The third-order valence-electron chi connectivity index (χ3n) is 5.89. The Morgan fingerprint density at radius 1 is 1.16 bits per heavy atom. The van der Waals surface area contributed by atoms with E-state index < -0.39 is 5.91 Å². The first-order valence-electron chi connectivity index (χ1n) is 11.1. The van der Waals surface area contributed by atoms with Gasteiger partial charge in [0.25, 0.3) is 5.91 Å². The van der Waals surface area contributed by atoms with E-state index in [4.69, 9.17) is 10.5 Å². The summed E-state index contributed by atoms with van der Waals surface area (Å²) in [4.78, 5) is 22.9. The Morgan fingerprint density at radius 3 is 2.65 bits per heavy atom. The lowest BCUT2D eigenvalue weighted by atomic mass is 9.96. The minimum absolute atomic E-state index is 0.147. The smallest absolute Gasteiger partial charge is 0.251 e. The molecule has 0 spiro atoms. The van der Waals surface area contributed by atoms with Crippen LogP contribution >= 0.6 is 0 Å². The molecule has 1 fully saturated rings. The largest absolute Gasteiger partial charge is 0.494 e. The lowest BCUT2D eigenvalue weighted by Crippen LogP contribution is -2.29. The maximum Gasteiger partial charge on any atom is 0.251 e. The molecule has 1 saturated carbocycles. The van der Waals surface area contributed by atoms with Crippen LogP contribution in [0.5, 0.6) is 5.75 Å². The van der Waals surface area contributed by atoms with E-state index >= 15 is 0 Å². The second-order valence-electron chi connectivity index (χ2n) is 8.19. The topological polar surface area (TPSA) is 93.4 Å². The average Bonchev–Trinajstić information content (AvgIpc) is 3.22. The van der Waals surface area contributed by atoms with E-state index in [9.17, 15) is 9.59 Å². The first-order valence-corrected chi connectivity index (χ1v) is 11.1.